The second-order valence-corrected chi connectivity index (χ2v) is 5.94. The van der Waals surface area contributed by atoms with Crippen molar-refractivity contribution in [1.82, 2.24) is 14.7 Å². The van der Waals surface area contributed by atoms with Crippen LogP contribution in [0.3, 0.4) is 0 Å². The number of carbonyl (C=O) groups is 1. The fourth-order valence-corrected chi connectivity index (χ4v) is 3.23. The van der Waals surface area contributed by atoms with E-state index >= 15 is 0 Å². The summed E-state index contributed by atoms with van der Waals surface area (Å²) in [6, 6.07) is 2.29. The van der Waals surface area contributed by atoms with Crippen molar-refractivity contribution in [3.05, 3.63) is 17.5 Å². The third-order valence-electron chi connectivity index (χ3n) is 4.45. The number of rotatable bonds is 4. The van der Waals surface area contributed by atoms with Crippen LogP contribution < -0.4 is 5.73 Å². The normalized spacial score (nSPS) is 22.8. The van der Waals surface area contributed by atoms with Gasteiger partial charge in [0.15, 0.2) is 0 Å². The number of hydrogen-bond donors (Lipinski definition) is 1. The van der Waals surface area contributed by atoms with E-state index in [1.54, 1.807) is 4.68 Å². The highest BCUT2D eigenvalue weighted by molar-refractivity contribution is 5.76. The summed E-state index contributed by atoms with van der Waals surface area (Å²) in [4.78, 5) is 14.4. The molecule has 2 rings (SSSR count). The van der Waals surface area contributed by atoms with Crippen molar-refractivity contribution in [2.75, 3.05) is 13.6 Å². The van der Waals surface area contributed by atoms with Crippen LogP contribution in [0.25, 0.3) is 0 Å². The van der Waals surface area contributed by atoms with Crippen LogP contribution in [0.1, 0.15) is 37.1 Å². The van der Waals surface area contributed by atoms with Crippen LogP contribution in [-0.4, -0.2) is 40.2 Å². The molecule has 20 heavy (non-hydrogen) atoms. The maximum absolute atomic E-state index is 12.5. The molecule has 2 unspecified atom stereocenters. The molecule has 1 heterocycles. The lowest BCUT2D eigenvalue weighted by Crippen LogP contribution is -2.47. The van der Waals surface area contributed by atoms with Crippen LogP contribution in [0.2, 0.25) is 0 Å². The van der Waals surface area contributed by atoms with Gasteiger partial charge in [0.05, 0.1) is 5.69 Å². The Bertz CT molecular complexity index is 468. The summed E-state index contributed by atoms with van der Waals surface area (Å²) in [6.45, 7) is 4.92. The van der Waals surface area contributed by atoms with Gasteiger partial charge in [-0.3, -0.25) is 9.48 Å². The minimum atomic E-state index is 0.126. The van der Waals surface area contributed by atoms with Crippen molar-refractivity contribution < 1.29 is 4.79 Å². The molecule has 0 aromatic carbocycles. The first-order chi connectivity index (χ1) is 9.52. The van der Waals surface area contributed by atoms with Gasteiger partial charge >= 0.3 is 0 Å². The van der Waals surface area contributed by atoms with Gasteiger partial charge in [-0.25, -0.2) is 0 Å². The van der Waals surface area contributed by atoms with Crippen LogP contribution in [0, 0.1) is 19.8 Å². The summed E-state index contributed by atoms with van der Waals surface area (Å²) in [5.41, 5.74) is 7.84. The van der Waals surface area contributed by atoms with E-state index in [1.165, 1.54) is 12.8 Å². The van der Waals surface area contributed by atoms with Crippen molar-refractivity contribution in [2.45, 2.75) is 52.1 Å². The summed E-state index contributed by atoms with van der Waals surface area (Å²) in [5.74, 6) is 0.569. The molecular formula is C15H26N4O. The highest BCUT2D eigenvalue weighted by atomic mass is 16.2. The lowest BCUT2D eigenvalue weighted by molar-refractivity contribution is -0.134. The molecule has 0 radical (unpaired) electrons. The summed E-state index contributed by atoms with van der Waals surface area (Å²) in [5, 5.41) is 4.36. The minimum absolute atomic E-state index is 0.126. The van der Waals surface area contributed by atoms with E-state index in [2.05, 4.69) is 5.10 Å². The smallest absolute Gasteiger partial charge is 0.244 e. The van der Waals surface area contributed by atoms with Crippen LogP contribution in [-0.2, 0) is 11.3 Å². The van der Waals surface area contributed by atoms with Gasteiger partial charge in [-0.15, -0.1) is 0 Å². The first-order valence-corrected chi connectivity index (χ1v) is 7.49. The fraction of sp³-hybridized carbons (Fsp3) is 0.733. The topological polar surface area (TPSA) is 64.2 Å². The summed E-state index contributed by atoms with van der Waals surface area (Å²) < 4.78 is 1.79. The largest absolute Gasteiger partial charge is 0.341 e. The number of nitrogens with zero attached hydrogens (tertiary/aromatic N) is 3. The molecular weight excluding hydrogens is 252 g/mol. The SMILES string of the molecule is Cc1cc(C)n(CC(=O)N(C)C2CCCCC2CN)n1. The van der Waals surface area contributed by atoms with E-state index in [1.807, 2.05) is 31.9 Å². The molecule has 1 fully saturated rings. The molecule has 1 aromatic heterocycles. The fourth-order valence-electron chi connectivity index (χ4n) is 3.23. The van der Waals surface area contributed by atoms with E-state index < -0.39 is 0 Å². The Labute approximate surface area is 121 Å². The first kappa shape index (κ1) is 15.0. The number of amides is 1. The maximum Gasteiger partial charge on any atom is 0.244 e. The van der Waals surface area contributed by atoms with Gasteiger partial charge in [0.25, 0.3) is 0 Å². The van der Waals surface area contributed by atoms with Crippen molar-refractivity contribution in [1.29, 1.82) is 0 Å². The molecule has 0 aliphatic heterocycles. The molecule has 2 N–H and O–H groups in total. The number of aryl methyl sites for hydroxylation is 2. The van der Waals surface area contributed by atoms with E-state index in [4.69, 9.17) is 5.73 Å². The highest BCUT2D eigenvalue weighted by Crippen LogP contribution is 2.27. The molecule has 2 atom stereocenters. The lowest BCUT2D eigenvalue weighted by Gasteiger charge is -2.37. The zero-order chi connectivity index (χ0) is 14.7. The van der Waals surface area contributed by atoms with Gasteiger partial charge in [0, 0.05) is 18.8 Å². The Morgan fingerprint density at radius 2 is 2.15 bits per heavy atom. The Balaban J connectivity index is 2.02. The zero-order valence-corrected chi connectivity index (χ0v) is 12.8. The van der Waals surface area contributed by atoms with Crippen LogP contribution >= 0.6 is 0 Å². The van der Waals surface area contributed by atoms with Gasteiger partial charge in [-0.1, -0.05) is 12.8 Å². The number of aromatic nitrogens is 2. The summed E-state index contributed by atoms with van der Waals surface area (Å²) in [7, 11) is 1.91. The molecule has 1 aromatic rings. The third-order valence-corrected chi connectivity index (χ3v) is 4.45. The predicted molar refractivity (Wildman–Crippen MR) is 79.3 cm³/mol. The number of hydrogen-bond acceptors (Lipinski definition) is 3. The monoisotopic (exact) mass is 278 g/mol. The molecule has 0 spiro atoms. The van der Waals surface area contributed by atoms with E-state index in [-0.39, 0.29) is 5.91 Å². The van der Waals surface area contributed by atoms with E-state index in [9.17, 15) is 4.79 Å². The van der Waals surface area contributed by atoms with Crippen LogP contribution in [0.5, 0.6) is 0 Å². The highest BCUT2D eigenvalue weighted by Gasteiger charge is 2.30. The van der Waals surface area contributed by atoms with Crippen LogP contribution in [0.15, 0.2) is 6.07 Å². The minimum Gasteiger partial charge on any atom is -0.341 e. The molecule has 5 heteroatoms. The molecule has 5 nitrogen and oxygen atoms in total. The second-order valence-electron chi connectivity index (χ2n) is 5.94. The third kappa shape index (κ3) is 3.20. The number of nitrogens with two attached hydrogens (primary N) is 1. The average molecular weight is 278 g/mol. The van der Waals surface area contributed by atoms with Crippen molar-refractivity contribution in [2.24, 2.45) is 11.7 Å². The van der Waals surface area contributed by atoms with E-state index in [0.717, 1.165) is 24.2 Å². The number of carbonyl (C=O) groups excluding carboxylic acids is 1. The maximum atomic E-state index is 12.5. The predicted octanol–water partition coefficient (Wildman–Crippen LogP) is 1.48. The molecule has 1 amide bonds. The number of likely N-dealkylation sites (N-methyl/N-ethyl adjacent to an activating group) is 1. The van der Waals surface area contributed by atoms with Crippen molar-refractivity contribution in [3.8, 4) is 0 Å². The Hall–Kier alpha value is -1.36. The quantitative estimate of drug-likeness (QED) is 0.907. The van der Waals surface area contributed by atoms with Crippen LogP contribution in [0.4, 0.5) is 0 Å². The van der Waals surface area contributed by atoms with E-state index in [0.29, 0.717) is 25.0 Å². The Kier molecular flexibility index (Phi) is 4.81. The Morgan fingerprint density at radius 1 is 1.45 bits per heavy atom. The average Bonchev–Trinajstić information content (AvgIpc) is 2.75. The first-order valence-electron chi connectivity index (χ1n) is 7.49. The molecule has 1 saturated carbocycles. The molecule has 1 aliphatic rings. The summed E-state index contributed by atoms with van der Waals surface area (Å²) >= 11 is 0. The van der Waals surface area contributed by atoms with Gasteiger partial charge < -0.3 is 10.6 Å². The zero-order valence-electron chi connectivity index (χ0n) is 12.8. The lowest BCUT2D eigenvalue weighted by atomic mass is 9.83. The summed E-state index contributed by atoms with van der Waals surface area (Å²) in [6.07, 6.45) is 4.64. The Morgan fingerprint density at radius 3 is 2.75 bits per heavy atom. The van der Waals surface area contributed by atoms with Gasteiger partial charge in [0.1, 0.15) is 6.54 Å². The van der Waals surface area contributed by atoms with Gasteiger partial charge in [-0.05, 0) is 45.2 Å². The molecule has 112 valence electrons. The van der Waals surface area contributed by atoms with Crippen molar-refractivity contribution in [3.63, 3.8) is 0 Å². The standard InChI is InChI=1S/C15H26N4O/c1-11-8-12(2)19(17-11)10-15(20)18(3)14-7-5-4-6-13(14)9-16/h8,13-14H,4-7,9-10,16H2,1-3H3. The molecule has 0 saturated heterocycles. The van der Waals surface area contributed by atoms with Gasteiger partial charge in [-0.2, -0.15) is 5.10 Å². The van der Waals surface area contributed by atoms with Crippen molar-refractivity contribution >= 4 is 5.91 Å². The molecule has 1 aliphatic carbocycles. The van der Waals surface area contributed by atoms with Gasteiger partial charge in [0.2, 0.25) is 5.91 Å². The second kappa shape index (κ2) is 6.39. The molecule has 0 bridgehead atoms.